The van der Waals surface area contributed by atoms with Gasteiger partial charge in [0.1, 0.15) is 0 Å². The lowest BCUT2D eigenvalue weighted by Gasteiger charge is -2.32. The lowest BCUT2D eigenvalue weighted by molar-refractivity contribution is -0.136. The first kappa shape index (κ1) is 16.5. The number of hydrogen-bond donors (Lipinski definition) is 0. The van der Waals surface area contributed by atoms with Crippen LogP contribution >= 0.6 is 0 Å². The van der Waals surface area contributed by atoms with Crippen molar-refractivity contribution in [2.24, 2.45) is 5.92 Å². The number of carbonyl (C=O) groups excluding carboxylic acids is 2. The van der Waals surface area contributed by atoms with Gasteiger partial charge in [-0.15, -0.1) is 0 Å². The van der Waals surface area contributed by atoms with E-state index in [0.717, 1.165) is 5.56 Å². The Morgan fingerprint density at radius 2 is 1.91 bits per heavy atom. The van der Waals surface area contributed by atoms with Crippen molar-refractivity contribution in [3.8, 4) is 0 Å². The maximum Gasteiger partial charge on any atom is 0.228 e. The standard InChI is InChI=1S/C18H26N2O2/c1-5-19(12-14-9-7-6-8-10-14)17(22)15-11-16(21)20(13-15)18(2,3)4/h6-10,15H,5,11-13H2,1-4H3. The average Bonchev–Trinajstić information content (AvgIpc) is 2.87. The monoisotopic (exact) mass is 302 g/mol. The maximum atomic E-state index is 12.7. The molecule has 1 aromatic rings. The van der Waals surface area contributed by atoms with E-state index < -0.39 is 0 Å². The molecule has 2 rings (SSSR count). The van der Waals surface area contributed by atoms with Crippen LogP contribution in [-0.4, -0.2) is 40.2 Å². The van der Waals surface area contributed by atoms with Crippen LogP contribution in [0.15, 0.2) is 30.3 Å². The lowest BCUT2D eigenvalue weighted by Crippen LogP contribution is -2.43. The van der Waals surface area contributed by atoms with Gasteiger partial charge in [-0.05, 0) is 33.3 Å². The average molecular weight is 302 g/mol. The second-order valence-corrected chi connectivity index (χ2v) is 6.91. The Hall–Kier alpha value is -1.84. The Morgan fingerprint density at radius 1 is 1.27 bits per heavy atom. The first-order valence-electron chi connectivity index (χ1n) is 7.96. The summed E-state index contributed by atoms with van der Waals surface area (Å²) in [7, 11) is 0. The van der Waals surface area contributed by atoms with Crippen molar-refractivity contribution in [1.29, 1.82) is 0 Å². The zero-order valence-electron chi connectivity index (χ0n) is 14.0. The van der Waals surface area contributed by atoms with E-state index in [-0.39, 0.29) is 23.3 Å². The molecular weight excluding hydrogens is 276 g/mol. The number of likely N-dealkylation sites (tertiary alicyclic amines) is 1. The predicted molar refractivity (Wildman–Crippen MR) is 87.1 cm³/mol. The third kappa shape index (κ3) is 3.67. The van der Waals surface area contributed by atoms with Crippen LogP contribution in [0.5, 0.6) is 0 Å². The van der Waals surface area contributed by atoms with Crippen LogP contribution in [0.1, 0.15) is 39.7 Å². The van der Waals surface area contributed by atoms with Gasteiger partial charge in [0.05, 0.1) is 5.92 Å². The molecule has 4 heteroatoms. The molecule has 4 nitrogen and oxygen atoms in total. The zero-order chi connectivity index (χ0) is 16.3. The predicted octanol–water partition coefficient (Wildman–Crippen LogP) is 2.68. The molecule has 0 radical (unpaired) electrons. The molecule has 22 heavy (non-hydrogen) atoms. The SMILES string of the molecule is CCN(Cc1ccccc1)C(=O)C1CC(=O)N(C(C)(C)C)C1. The summed E-state index contributed by atoms with van der Waals surface area (Å²) >= 11 is 0. The number of nitrogens with zero attached hydrogens (tertiary/aromatic N) is 2. The van der Waals surface area contributed by atoms with E-state index in [1.165, 1.54) is 0 Å². The molecule has 120 valence electrons. The molecule has 0 saturated carbocycles. The van der Waals surface area contributed by atoms with E-state index in [9.17, 15) is 9.59 Å². The highest BCUT2D eigenvalue weighted by atomic mass is 16.2. The van der Waals surface area contributed by atoms with E-state index in [1.807, 2.05) is 67.8 Å². The van der Waals surface area contributed by atoms with Crippen molar-refractivity contribution in [3.05, 3.63) is 35.9 Å². The smallest absolute Gasteiger partial charge is 0.228 e. The van der Waals surface area contributed by atoms with Crippen LogP contribution in [0.2, 0.25) is 0 Å². The van der Waals surface area contributed by atoms with Crippen molar-refractivity contribution in [2.45, 2.75) is 46.2 Å². The zero-order valence-corrected chi connectivity index (χ0v) is 14.0. The van der Waals surface area contributed by atoms with Crippen molar-refractivity contribution in [3.63, 3.8) is 0 Å². The van der Waals surface area contributed by atoms with Gasteiger partial charge in [0.25, 0.3) is 0 Å². The Bertz CT molecular complexity index is 534. The molecule has 2 amide bonds. The van der Waals surface area contributed by atoms with E-state index >= 15 is 0 Å². The molecule has 0 aliphatic carbocycles. The summed E-state index contributed by atoms with van der Waals surface area (Å²) in [6.07, 6.45) is 0.335. The Morgan fingerprint density at radius 3 is 2.41 bits per heavy atom. The minimum Gasteiger partial charge on any atom is -0.338 e. The lowest BCUT2D eigenvalue weighted by atomic mass is 10.1. The Labute approximate surface area is 133 Å². The van der Waals surface area contributed by atoms with E-state index in [2.05, 4.69) is 0 Å². The molecule has 1 saturated heterocycles. The molecule has 0 bridgehead atoms. The largest absolute Gasteiger partial charge is 0.338 e. The van der Waals surface area contributed by atoms with Crippen LogP contribution < -0.4 is 0 Å². The highest BCUT2D eigenvalue weighted by Crippen LogP contribution is 2.27. The fourth-order valence-corrected chi connectivity index (χ4v) is 2.93. The van der Waals surface area contributed by atoms with Gasteiger partial charge in [-0.1, -0.05) is 30.3 Å². The number of carbonyl (C=O) groups is 2. The Kier molecular flexibility index (Phi) is 4.89. The molecule has 1 aliphatic rings. The molecule has 1 aliphatic heterocycles. The fourth-order valence-electron chi connectivity index (χ4n) is 2.93. The highest BCUT2D eigenvalue weighted by molar-refractivity contribution is 5.89. The van der Waals surface area contributed by atoms with Gasteiger partial charge < -0.3 is 9.80 Å². The molecule has 0 aromatic heterocycles. The number of rotatable bonds is 4. The van der Waals surface area contributed by atoms with Gasteiger partial charge in [0.2, 0.25) is 11.8 Å². The highest BCUT2D eigenvalue weighted by Gasteiger charge is 2.40. The van der Waals surface area contributed by atoms with Crippen LogP contribution in [-0.2, 0) is 16.1 Å². The summed E-state index contributed by atoms with van der Waals surface area (Å²) in [4.78, 5) is 28.6. The number of amides is 2. The van der Waals surface area contributed by atoms with Crippen molar-refractivity contribution in [1.82, 2.24) is 9.80 Å². The summed E-state index contributed by atoms with van der Waals surface area (Å²) in [5.41, 5.74) is 0.900. The molecule has 0 N–H and O–H groups in total. The van der Waals surface area contributed by atoms with Crippen LogP contribution in [0, 0.1) is 5.92 Å². The van der Waals surface area contributed by atoms with E-state index in [1.54, 1.807) is 0 Å². The molecular formula is C18H26N2O2. The van der Waals surface area contributed by atoms with Gasteiger partial charge in [-0.3, -0.25) is 9.59 Å². The normalized spacial score (nSPS) is 18.6. The van der Waals surface area contributed by atoms with Crippen LogP contribution in [0.3, 0.4) is 0 Å². The number of benzene rings is 1. The van der Waals surface area contributed by atoms with E-state index in [0.29, 0.717) is 26.1 Å². The fraction of sp³-hybridized carbons (Fsp3) is 0.556. The van der Waals surface area contributed by atoms with Crippen molar-refractivity contribution < 1.29 is 9.59 Å². The summed E-state index contributed by atoms with van der Waals surface area (Å²) in [6.45, 7) is 9.83. The second kappa shape index (κ2) is 6.51. The summed E-state index contributed by atoms with van der Waals surface area (Å²) < 4.78 is 0. The maximum absolute atomic E-state index is 12.7. The van der Waals surface area contributed by atoms with Gasteiger partial charge >= 0.3 is 0 Å². The minimum absolute atomic E-state index is 0.0848. The third-order valence-corrected chi connectivity index (χ3v) is 4.19. The van der Waals surface area contributed by atoms with Crippen LogP contribution in [0.25, 0.3) is 0 Å². The Balaban J connectivity index is 2.05. The molecule has 1 atom stereocenters. The summed E-state index contributed by atoms with van der Waals surface area (Å²) in [5.74, 6) is -0.0385. The second-order valence-electron chi connectivity index (χ2n) is 6.91. The van der Waals surface area contributed by atoms with Crippen molar-refractivity contribution >= 4 is 11.8 Å². The van der Waals surface area contributed by atoms with Gasteiger partial charge in [0.15, 0.2) is 0 Å². The summed E-state index contributed by atoms with van der Waals surface area (Å²) in [6, 6.07) is 9.98. The first-order chi connectivity index (χ1) is 10.3. The third-order valence-electron chi connectivity index (χ3n) is 4.19. The van der Waals surface area contributed by atoms with Crippen molar-refractivity contribution in [2.75, 3.05) is 13.1 Å². The quantitative estimate of drug-likeness (QED) is 0.858. The molecule has 0 spiro atoms. The van der Waals surface area contributed by atoms with E-state index in [4.69, 9.17) is 0 Å². The topological polar surface area (TPSA) is 40.6 Å². The summed E-state index contributed by atoms with van der Waals surface area (Å²) in [5, 5.41) is 0. The molecule has 1 aromatic carbocycles. The van der Waals surface area contributed by atoms with Gasteiger partial charge in [-0.2, -0.15) is 0 Å². The van der Waals surface area contributed by atoms with Gasteiger partial charge in [0, 0.05) is 31.6 Å². The molecule has 1 unspecified atom stereocenters. The van der Waals surface area contributed by atoms with Crippen LogP contribution in [0.4, 0.5) is 0 Å². The minimum atomic E-state index is -0.220. The number of hydrogen-bond acceptors (Lipinski definition) is 2. The van der Waals surface area contributed by atoms with Gasteiger partial charge in [-0.25, -0.2) is 0 Å². The first-order valence-corrected chi connectivity index (χ1v) is 7.96. The molecule has 1 heterocycles. The molecule has 1 fully saturated rings.